The van der Waals surface area contributed by atoms with E-state index in [1.165, 1.54) is 12.8 Å². The second-order valence-electron chi connectivity index (χ2n) is 2.82. The van der Waals surface area contributed by atoms with Gasteiger partial charge in [-0.15, -0.1) is 0 Å². The summed E-state index contributed by atoms with van der Waals surface area (Å²) in [6.07, 6.45) is 5.22. The monoisotopic (exact) mass is 158 g/mol. The summed E-state index contributed by atoms with van der Waals surface area (Å²) in [5, 5.41) is 9.18. The van der Waals surface area contributed by atoms with Gasteiger partial charge in [-0.1, -0.05) is 33.1 Å². The highest BCUT2D eigenvalue weighted by molar-refractivity contribution is 6.42. The van der Waals surface area contributed by atoms with Crippen molar-refractivity contribution in [3.63, 3.8) is 0 Å². The summed E-state index contributed by atoms with van der Waals surface area (Å²) in [5.74, 6) is 0. The van der Waals surface area contributed by atoms with Crippen molar-refractivity contribution in [1.29, 1.82) is 0 Å². The molecule has 0 atom stereocenters. The van der Waals surface area contributed by atoms with Crippen LogP contribution in [0, 0.1) is 0 Å². The zero-order valence-corrected chi connectivity index (χ0v) is 7.68. The molecule has 0 fully saturated rings. The first-order valence-corrected chi connectivity index (χ1v) is 4.61. The molecule has 66 valence electrons. The summed E-state index contributed by atoms with van der Waals surface area (Å²) in [4.78, 5) is 0. The van der Waals surface area contributed by atoms with Crippen LogP contribution < -0.4 is 0 Å². The molecule has 0 saturated carbocycles. The Labute approximate surface area is 70.1 Å². The molecule has 0 heterocycles. The summed E-state index contributed by atoms with van der Waals surface area (Å²) < 4.78 is 5.09. The standard InChI is InChI=1S/C8H19BO2/c1-3-5-6-7-9(10)11-8-4-2/h10H,3-8H2,1-2H3. The molecule has 0 rings (SSSR count). The lowest BCUT2D eigenvalue weighted by atomic mass is 9.82. The highest BCUT2D eigenvalue weighted by Crippen LogP contribution is 2.03. The Kier molecular flexibility index (Phi) is 8.07. The number of unbranched alkanes of at least 4 members (excludes halogenated alkanes) is 2. The van der Waals surface area contributed by atoms with Crippen molar-refractivity contribution in [3.8, 4) is 0 Å². The van der Waals surface area contributed by atoms with E-state index in [2.05, 4.69) is 6.92 Å². The van der Waals surface area contributed by atoms with Gasteiger partial charge in [-0.2, -0.15) is 0 Å². The summed E-state index contributed by atoms with van der Waals surface area (Å²) in [6, 6.07) is 0. The summed E-state index contributed by atoms with van der Waals surface area (Å²) in [5.41, 5.74) is 0. The van der Waals surface area contributed by atoms with E-state index in [0.29, 0.717) is 6.61 Å². The van der Waals surface area contributed by atoms with E-state index in [1.807, 2.05) is 6.92 Å². The van der Waals surface area contributed by atoms with Crippen LogP contribution in [0.5, 0.6) is 0 Å². The molecule has 0 unspecified atom stereocenters. The largest absolute Gasteiger partial charge is 0.454 e. The Balaban J connectivity index is 3.02. The first-order valence-electron chi connectivity index (χ1n) is 4.61. The Morgan fingerprint density at radius 2 is 1.91 bits per heavy atom. The van der Waals surface area contributed by atoms with E-state index >= 15 is 0 Å². The maximum atomic E-state index is 9.18. The molecule has 1 N–H and O–H groups in total. The fourth-order valence-electron chi connectivity index (χ4n) is 0.906. The Bertz CT molecular complexity index is 78.5. The predicted octanol–water partition coefficient (Wildman–Crippen LogP) is 2.08. The van der Waals surface area contributed by atoms with Crippen LogP contribution in [0.2, 0.25) is 6.32 Å². The molecule has 0 bridgehead atoms. The van der Waals surface area contributed by atoms with Gasteiger partial charge in [0.1, 0.15) is 0 Å². The smallest absolute Gasteiger partial charge is 0.427 e. The zero-order valence-electron chi connectivity index (χ0n) is 7.68. The second kappa shape index (κ2) is 8.09. The molecule has 0 aromatic rings. The van der Waals surface area contributed by atoms with Crippen LogP contribution in [-0.2, 0) is 4.65 Å². The van der Waals surface area contributed by atoms with Crippen LogP contribution in [0.3, 0.4) is 0 Å². The molecule has 0 aromatic carbocycles. The molecule has 0 saturated heterocycles. The lowest BCUT2D eigenvalue weighted by molar-refractivity contribution is 0.257. The minimum atomic E-state index is -0.526. The summed E-state index contributed by atoms with van der Waals surface area (Å²) >= 11 is 0. The van der Waals surface area contributed by atoms with Crippen molar-refractivity contribution in [3.05, 3.63) is 0 Å². The molecule has 11 heavy (non-hydrogen) atoms. The molecule has 0 amide bonds. The molecule has 2 nitrogen and oxygen atoms in total. The second-order valence-corrected chi connectivity index (χ2v) is 2.82. The molecule has 0 aliphatic carbocycles. The van der Waals surface area contributed by atoms with Gasteiger partial charge in [-0.3, -0.25) is 0 Å². The SMILES string of the molecule is CCCCCB(O)OCCC. The molecule has 3 heteroatoms. The van der Waals surface area contributed by atoms with Gasteiger partial charge in [0.15, 0.2) is 0 Å². The third kappa shape index (κ3) is 7.89. The Morgan fingerprint density at radius 1 is 1.18 bits per heavy atom. The minimum Gasteiger partial charge on any atom is -0.427 e. The van der Waals surface area contributed by atoms with Crippen molar-refractivity contribution < 1.29 is 9.68 Å². The van der Waals surface area contributed by atoms with Gasteiger partial charge in [-0.25, -0.2) is 0 Å². The third-order valence-corrected chi connectivity index (χ3v) is 1.57. The molecular formula is C8H19BO2. The van der Waals surface area contributed by atoms with Gasteiger partial charge >= 0.3 is 7.12 Å². The quantitative estimate of drug-likeness (QED) is 0.454. The summed E-state index contributed by atoms with van der Waals surface area (Å²) in [6.45, 7) is 4.87. The van der Waals surface area contributed by atoms with E-state index in [9.17, 15) is 5.02 Å². The van der Waals surface area contributed by atoms with Crippen molar-refractivity contribution in [2.45, 2.75) is 45.9 Å². The average molecular weight is 158 g/mol. The van der Waals surface area contributed by atoms with E-state index in [1.54, 1.807) is 0 Å². The van der Waals surface area contributed by atoms with Gasteiger partial charge in [0.25, 0.3) is 0 Å². The van der Waals surface area contributed by atoms with E-state index < -0.39 is 7.12 Å². The number of hydrogen-bond acceptors (Lipinski definition) is 2. The highest BCUT2D eigenvalue weighted by atomic mass is 16.5. The first-order chi connectivity index (χ1) is 5.31. The van der Waals surface area contributed by atoms with Gasteiger partial charge < -0.3 is 9.68 Å². The van der Waals surface area contributed by atoms with Crippen LogP contribution >= 0.6 is 0 Å². The van der Waals surface area contributed by atoms with Crippen molar-refractivity contribution >= 4 is 7.12 Å². The zero-order chi connectivity index (χ0) is 8.53. The average Bonchev–Trinajstić information content (AvgIpc) is 2.01. The van der Waals surface area contributed by atoms with Crippen LogP contribution in [0.15, 0.2) is 0 Å². The summed E-state index contributed by atoms with van der Waals surface area (Å²) in [7, 11) is -0.526. The van der Waals surface area contributed by atoms with Crippen LogP contribution in [0.1, 0.15) is 39.5 Å². The topological polar surface area (TPSA) is 29.5 Å². The van der Waals surface area contributed by atoms with Crippen LogP contribution in [-0.4, -0.2) is 18.7 Å². The predicted molar refractivity (Wildman–Crippen MR) is 48.5 cm³/mol. The molecule has 0 aliphatic heterocycles. The molecule has 0 spiro atoms. The fraction of sp³-hybridized carbons (Fsp3) is 1.00. The van der Waals surface area contributed by atoms with Crippen molar-refractivity contribution in [2.75, 3.05) is 6.61 Å². The van der Waals surface area contributed by atoms with E-state index in [-0.39, 0.29) is 0 Å². The number of hydrogen-bond donors (Lipinski definition) is 1. The van der Waals surface area contributed by atoms with Gasteiger partial charge in [0.2, 0.25) is 0 Å². The fourth-order valence-corrected chi connectivity index (χ4v) is 0.906. The van der Waals surface area contributed by atoms with Gasteiger partial charge in [0, 0.05) is 6.61 Å². The van der Waals surface area contributed by atoms with Gasteiger partial charge in [0.05, 0.1) is 0 Å². The highest BCUT2D eigenvalue weighted by Gasteiger charge is 2.10. The molecule has 0 radical (unpaired) electrons. The first kappa shape index (κ1) is 11.0. The molecule has 0 aromatic heterocycles. The van der Waals surface area contributed by atoms with Crippen molar-refractivity contribution in [1.82, 2.24) is 0 Å². The molecular weight excluding hydrogens is 139 g/mol. The Hall–Kier alpha value is -0.0151. The maximum Gasteiger partial charge on any atom is 0.454 e. The normalized spacial score (nSPS) is 10.1. The van der Waals surface area contributed by atoms with Crippen molar-refractivity contribution in [2.24, 2.45) is 0 Å². The number of rotatable bonds is 7. The van der Waals surface area contributed by atoms with E-state index in [4.69, 9.17) is 4.65 Å². The Morgan fingerprint density at radius 3 is 2.45 bits per heavy atom. The van der Waals surface area contributed by atoms with Crippen LogP contribution in [0.25, 0.3) is 0 Å². The van der Waals surface area contributed by atoms with Gasteiger partial charge in [-0.05, 0) is 12.7 Å². The molecule has 0 aliphatic rings. The minimum absolute atomic E-state index is 0.526. The lowest BCUT2D eigenvalue weighted by Gasteiger charge is -2.05. The van der Waals surface area contributed by atoms with Crippen LogP contribution in [0.4, 0.5) is 0 Å². The third-order valence-electron chi connectivity index (χ3n) is 1.57. The maximum absolute atomic E-state index is 9.18. The lowest BCUT2D eigenvalue weighted by Crippen LogP contribution is -2.17. The van der Waals surface area contributed by atoms with E-state index in [0.717, 1.165) is 19.2 Å².